The zero-order valence-corrected chi connectivity index (χ0v) is 12.7. The van der Waals surface area contributed by atoms with Crippen LogP contribution in [-0.4, -0.2) is 31.3 Å². The molecule has 0 aliphatic heterocycles. The Morgan fingerprint density at radius 1 is 1.09 bits per heavy atom. The molecule has 1 aromatic carbocycles. The van der Waals surface area contributed by atoms with Crippen LogP contribution < -0.4 is 19.9 Å². The van der Waals surface area contributed by atoms with E-state index in [1.807, 2.05) is 18.2 Å². The lowest BCUT2D eigenvalue weighted by molar-refractivity contribution is 0.396. The SMILES string of the molecule is COc1ccc(OC)c(CC#Cc2c(N)ncnc2OC)c1. The number of aromatic nitrogens is 2. The Balaban J connectivity index is 2.28. The predicted molar refractivity (Wildman–Crippen MR) is 83.1 cm³/mol. The Morgan fingerprint density at radius 3 is 2.59 bits per heavy atom. The van der Waals surface area contributed by atoms with Gasteiger partial charge in [-0.25, -0.2) is 9.97 Å². The molecule has 0 aliphatic rings. The van der Waals surface area contributed by atoms with Crippen molar-refractivity contribution in [2.24, 2.45) is 0 Å². The summed E-state index contributed by atoms with van der Waals surface area (Å²) in [5.74, 6) is 8.13. The molecular formula is C16H17N3O3. The quantitative estimate of drug-likeness (QED) is 0.865. The molecule has 0 unspecified atom stereocenters. The summed E-state index contributed by atoms with van der Waals surface area (Å²) in [4.78, 5) is 7.90. The molecular weight excluding hydrogens is 282 g/mol. The van der Waals surface area contributed by atoms with E-state index in [2.05, 4.69) is 21.8 Å². The summed E-state index contributed by atoms with van der Waals surface area (Å²) in [5, 5.41) is 0. The second-order valence-electron chi connectivity index (χ2n) is 4.30. The smallest absolute Gasteiger partial charge is 0.234 e. The molecule has 6 nitrogen and oxygen atoms in total. The van der Waals surface area contributed by atoms with Crippen molar-refractivity contribution in [3.63, 3.8) is 0 Å². The van der Waals surface area contributed by atoms with E-state index in [1.54, 1.807) is 14.2 Å². The lowest BCUT2D eigenvalue weighted by atomic mass is 10.1. The van der Waals surface area contributed by atoms with Gasteiger partial charge in [0.2, 0.25) is 5.88 Å². The molecule has 2 rings (SSSR count). The fourth-order valence-electron chi connectivity index (χ4n) is 1.90. The van der Waals surface area contributed by atoms with Crippen LogP contribution in [0.3, 0.4) is 0 Å². The average Bonchev–Trinajstić information content (AvgIpc) is 2.56. The molecule has 0 saturated heterocycles. The van der Waals surface area contributed by atoms with E-state index in [9.17, 15) is 0 Å². The number of methoxy groups -OCH3 is 3. The Bertz CT molecular complexity index is 720. The molecule has 2 N–H and O–H groups in total. The van der Waals surface area contributed by atoms with Crippen molar-refractivity contribution >= 4 is 5.82 Å². The minimum atomic E-state index is 0.289. The van der Waals surface area contributed by atoms with Gasteiger partial charge in [-0.15, -0.1) is 0 Å². The van der Waals surface area contributed by atoms with E-state index in [-0.39, 0.29) is 5.82 Å². The van der Waals surface area contributed by atoms with Gasteiger partial charge in [-0.1, -0.05) is 11.8 Å². The molecule has 0 aliphatic carbocycles. The summed E-state index contributed by atoms with van der Waals surface area (Å²) in [5.41, 5.74) is 7.20. The van der Waals surface area contributed by atoms with E-state index in [0.717, 1.165) is 17.1 Å². The molecule has 22 heavy (non-hydrogen) atoms. The molecule has 114 valence electrons. The summed E-state index contributed by atoms with van der Waals surface area (Å²) in [6.45, 7) is 0. The first-order valence-corrected chi connectivity index (χ1v) is 6.53. The predicted octanol–water partition coefficient (Wildman–Crippen LogP) is 1.68. The minimum absolute atomic E-state index is 0.289. The first-order valence-electron chi connectivity index (χ1n) is 6.53. The first-order chi connectivity index (χ1) is 10.7. The number of hydrogen-bond donors (Lipinski definition) is 1. The van der Waals surface area contributed by atoms with Crippen molar-refractivity contribution in [1.29, 1.82) is 0 Å². The van der Waals surface area contributed by atoms with Gasteiger partial charge in [-0.05, 0) is 18.2 Å². The van der Waals surface area contributed by atoms with E-state index >= 15 is 0 Å². The molecule has 0 atom stereocenters. The standard InChI is InChI=1S/C16H17N3O3/c1-20-12-7-8-14(21-2)11(9-12)5-4-6-13-15(17)18-10-19-16(13)22-3/h7-10H,5H2,1-3H3,(H2,17,18,19). The van der Waals surface area contributed by atoms with Gasteiger partial charge in [0.05, 0.1) is 21.3 Å². The zero-order valence-electron chi connectivity index (χ0n) is 12.7. The molecule has 0 amide bonds. The van der Waals surface area contributed by atoms with Gasteiger partial charge in [0.15, 0.2) is 0 Å². The van der Waals surface area contributed by atoms with Crippen molar-refractivity contribution in [1.82, 2.24) is 9.97 Å². The number of nitrogens with zero attached hydrogens (tertiary/aromatic N) is 2. The molecule has 1 aromatic heterocycles. The van der Waals surface area contributed by atoms with Gasteiger partial charge in [-0.2, -0.15) is 0 Å². The van der Waals surface area contributed by atoms with E-state index < -0.39 is 0 Å². The van der Waals surface area contributed by atoms with Crippen LogP contribution in [0.25, 0.3) is 0 Å². The monoisotopic (exact) mass is 299 g/mol. The van der Waals surface area contributed by atoms with E-state index in [0.29, 0.717) is 17.9 Å². The van der Waals surface area contributed by atoms with Gasteiger partial charge in [-0.3, -0.25) is 0 Å². The highest BCUT2D eigenvalue weighted by atomic mass is 16.5. The highest BCUT2D eigenvalue weighted by Crippen LogP contribution is 2.24. The fourth-order valence-corrected chi connectivity index (χ4v) is 1.90. The molecule has 0 saturated carbocycles. The third-order valence-corrected chi connectivity index (χ3v) is 3.01. The molecule has 0 spiro atoms. The van der Waals surface area contributed by atoms with Crippen LogP contribution in [0.4, 0.5) is 5.82 Å². The molecule has 6 heteroatoms. The van der Waals surface area contributed by atoms with E-state index in [4.69, 9.17) is 19.9 Å². The van der Waals surface area contributed by atoms with Gasteiger partial charge < -0.3 is 19.9 Å². The largest absolute Gasteiger partial charge is 0.497 e. The number of hydrogen-bond acceptors (Lipinski definition) is 6. The maximum atomic E-state index is 5.80. The highest BCUT2D eigenvalue weighted by molar-refractivity contribution is 5.56. The topological polar surface area (TPSA) is 79.5 Å². The highest BCUT2D eigenvalue weighted by Gasteiger charge is 2.07. The van der Waals surface area contributed by atoms with Gasteiger partial charge >= 0.3 is 0 Å². The Morgan fingerprint density at radius 2 is 1.91 bits per heavy atom. The molecule has 0 radical (unpaired) electrons. The van der Waals surface area contributed by atoms with Crippen molar-refractivity contribution in [3.05, 3.63) is 35.7 Å². The fraction of sp³-hybridized carbons (Fsp3) is 0.250. The summed E-state index contributed by atoms with van der Waals surface area (Å²) >= 11 is 0. The Labute approximate surface area is 129 Å². The zero-order chi connectivity index (χ0) is 15.9. The summed E-state index contributed by atoms with van der Waals surface area (Å²) in [7, 11) is 4.74. The number of nitrogen functional groups attached to an aromatic ring is 1. The first kappa shape index (κ1) is 15.4. The molecule has 0 bridgehead atoms. The van der Waals surface area contributed by atoms with E-state index in [1.165, 1.54) is 13.4 Å². The lowest BCUT2D eigenvalue weighted by Gasteiger charge is -2.08. The van der Waals surface area contributed by atoms with Gasteiger partial charge in [0.25, 0.3) is 0 Å². The molecule has 0 fully saturated rings. The average molecular weight is 299 g/mol. The van der Waals surface area contributed by atoms with Crippen molar-refractivity contribution < 1.29 is 14.2 Å². The van der Waals surface area contributed by atoms with Crippen LogP contribution in [0.1, 0.15) is 11.1 Å². The van der Waals surface area contributed by atoms with Crippen LogP contribution in [0.15, 0.2) is 24.5 Å². The summed E-state index contributed by atoms with van der Waals surface area (Å²) in [6.07, 6.45) is 1.81. The number of nitrogens with two attached hydrogens (primary N) is 1. The summed E-state index contributed by atoms with van der Waals surface area (Å²) < 4.78 is 15.7. The maximum absolute atomic E-state index is 5.80. The third kappa shape index (κ3) is 3.38. The number of benzene rings is 1. The van der Waals surface area contributed by atoms with Crippen LogP contribution in [0, 0.1) is 11.8 Å². The number of rotatable bonds is 4. The Hall–Kier alpha value is -2.94. The van der Waals surface area contributed by atoms with Gasteiger partial charge in [0.1, 0.15) is 29.2 Å². The molecule has 1 heterocycles. The van der Waals surface area contributed by atoms with Crippen molar-refractivity contribution in [3.8, 4) is 29.2 Å². The minimum Gasteiger partial charge on any atom is -0.497 e. The van der Waals surface area contributed by atoms with Crippen LogP contribution in [0.2, 0.25) is 0 Å². The Kier molecular flexibility index (Phi) is 5.04. The number of ether oxygens (including phenoxy) is 3. The third-order valence-electron chi connectivity index (χ3n) is 3.01. The maximum Gasteiger partial charge on any atom is 0.234 e. The van der Waals surface area contributed by atoms with Crippen molar-refractivity contribution in [2.45, 2.75) is 6.42 Å². The second-order valence-corrected chi connectivity index (χ2v) is 4.30. The second kappa shape index (κ2) is 7.18. The van der Waals surface area contributed by atoms with Gasteiger partial charge in [0, 0.05) is 12.0 Å². The number of anilines is 1. The van der Waals surface area contributed by atoms with Crippen LogP contribution in [0.5, 0.6) is 17.4 Å². The molecule has 2 aromatic rings. The van der Waals surface area contributed by atoms with Crippen LogP contribution in [-0.2, 0) is 6.42 Å². The van der Waals surface area contributed by atoms with Crippen LogP contribution >= 0.6 is 0 Å². The normalized spacial score (nSPS) is 9.59. The van der Waals surface area contributed by atoms with Crippen molar-refractivity contribution in [2.75, 3.05) is 27.1 Å². The summed E-state index contributed by atoms with van der Waals surface area (Å²) in [6, 6.07) is 5.56. The lowest BCUT2D eigenvalue weighted by Crippen LogP contribution is -2.00.